The molecule has 5 rings (SSSR count). The molecule has 15 nitrogen and oxygen atoms in total. The van der Waals surface area contributed by atoms with Gasteiger partial charge in [-0.2, -0.15) is 5.26 Å². The number of piperidine rings is 1. The summed E-state index contributed by atoms with van der Waals surface area (Å²) in [6, 6.07) is 22.2. The zero-order chi connectivity index (χ0) is 43.6. The van der Waals surface area contributed by atoms with Crippen LogP contribution in [-0.2, 0) is 30.5 Å². The normalized spacial score (nSPS) is 16.9. The molecule has 0 radical (unpaired) electrons. The molecule has 0 bridgehead atoms. The zero-order valence-electron chi connectivity index (χ0n) is 35.0. The topological polar surface area (TPSA) is 187 Å². The first-order chi connectivity index (χ1) is 29.5. The largest absolute Gasteiger partial charge is 0.490 e. The molecule has 326 valence electrons. The van der Waals surface area contributed by atoms with Gasteiger partial charge in [0, 0.05) is 70.0 Å². The predicted octanol–water partition coefficient (Wildman–Crippen LogP) is 4.09. The molecule has 0 spiro atoms. The van der Waals surface area contributed by atoms with Gasteiger partial charge in [-0.05, 0) is 61.2 Å². The van der Waals surface area contributed by atoms with Gasteiger partial charge in [0.25, 0.3) is 0 Å². The van der Waals surface area contributed by atoms with E-state index in [1.165, 1.54) is 6.42 Å². The molecule has 61 heavy (non-hydrogen) atoms. The molecule has 2 saturated heterocycles. The Labute approximate surface area is 358 Å². The minimum atomic E-state index is -1.02. The summed E-state index contributed by atoms with van der Waals surface area (Å²) in [6.07, 6.45) is 7.46. The number of carbonyl (C=O) groups excluding carboxylic acids is 1. The number of aryl methyl sites for hydroxylation is 1. The van der Waals surface area contributed by atoms with Crippen molar-refractivity contribution < 1.29 is 44.0 Å². The van der Waals surface area contributed by atoms with Gasteiger partial charge in [0.15, 0.2) is 0 Å². The first-order valence-electron chi connectivity index (χ1n) is 20.9. The number of esters is 1. The second-order valence-electron chi connectivity index (χ2n) is 15.6. The van der Waals surface area contributed by atoms with E-state index in [2.05, 4.69) is 24.0 Å². The first kappa shape index (κ1) is 46.4. The lowest BCUT2D eigenvalue weighted by atomic mass is 9.95. The minimum absolute atomic E-state index is 0.0115. The van der Waals surface area contributed by atoms with Crippen LogP contribution in [-0.4, -0.2) is 169 Å². The summed E-state index contributed by atoms with van der Waals surface area (Å²) < 4.78 is 12.0. The van der Waals surface area contributed by atoms with Gasteiger partial charge in [0.05, 0.1) is 31.7 Å². The fraction of sp³-hybridized carbons (Fsp3) is 0.457. The van der Waals surface area contributed by atoms with Gasteiger partial charge in [-0.3, -0.25) is 43.7 Å². The van der Waals surface area contributed by atoms with E-state index in [1.54, 1.807) is 14.7 Å². The maximum atomic E-state index is 13.2. The van der Waals surface area contributed by atoms with E-state index < -0.39 is 23.9 Å². The molecule has 0 unspecified atom stereocenters. The van der Waals surface area contributed by atoms with E-state index >= 15 is 0 Å². The van der Waals surface area contributed by atoms with Crippen molar-refractivity contribution in [1.29, 1.82) is 5.26 Å². The van der Waals surface area contributed by atoms with Gasteiger partial charge in [-0.1, -0.05) is 73.2 Å². The van der Waals surface area contributed by atoms with Crippen LogP contribution in [0.5, 0.6) is 5.75 Å². The highest BCUT2D eigenvalue weighted by molar-refractivity contribution is 5.81. The molecule has 3 N–H and O–H groups in total. The van der Waals surface area contributed by atoms with Crippen molar-refractivity contribution >= 4 is 36.0 Å². The van der Waals surface area contributed by atoms with Gasteiger partial charge in [0.1, 0.15) is 25.0 Å². The predicted molar refractivity (Wildman–Crippen MR) is 231 cm³/mol. The number of carbonyl (C=O) groups is 4. The third-order valence-electron chi connectivity index (χ3n) is 11.0. The smallest absolute Gasteiger partial charge is 0.320 e. The maximum Gasteiger partial charge on any atom is 0.320 e. The number of rotatable bonds is 17. The summed E-state index contributed by atoms with van der Waals surface area (Å²) in [5, 5.41) is 38.6. The number of benzene rings is 3. The molecule has 15 heteroatoms. The molecular formula is C46H58N6O9. The van der Waals surface area contributed by atoms with Crippen LogP contribution in [0.3, 0.4) is 0 Å². The number of likely N-dealkylation sites (tertiary alicyclic amines) is 1. The Morgan fingerprint density at radius 1 is 0.639 bits per heavy atom. The molecular weight excluding hydrogens is 781 g/mol. The van der Waals surface area contributed by atoms with Gasteiger partial charge < -0.3 is 24.8 Å². The van der Waals surface area contributed by atoms with E-state index in [1.807, 2.05) is 71.6 Å². The van der Waals surface area contributed by atoms with Crippen molar-refractivity contribution in [1.82, 2.24) is 24.5 Å². The van der Waals surface area contributed by atoms with Crippen LogP contribution in [0.4, 0.5) is 0 Å². The van der Waals surface area contributed by atoms with Crippen molar-refractivity contribution in [3.8, 4) is 22.9 Å². The fourth-order valence-corrected chi connectivity index (χ4v) is 7.75. The average molecular weight is 839 g/mol. The molecule has 0 aliphatic carbocycles. The summed E-state index contributed by atoms with van der Waals surface area (Å²) in [5.41, 5.74) is 6.27. The van der Waals surface area contributed by atoms with Crippen molar-refractivity contribution in [2.24, 2.45) is 0 Å². The van der Waals surface area contributed by atoms with Crippen molar-refractivity contribution in [2.45, 2.75) is 32.7 Å². The lowest BCUT2D eigenvalue weighted by molar-refractivity contribution is -0.146. The van der Waals surface area contributed by atoms with Crippen LogP contribution in [0.15, 0.2) is 60.7 Å². The summed E-state index contributed by atoms with van der Waals surface area (Å²) in [5.74, 6) is -2.87. The van der Waals surface area contributed by atoms with Crippen LogP contribution in [0.2, 0.25) is 0 Å². The van der Waals surface area contributed by atoms with E-state index in [-0.39, 0.29) is 65.6 Å². The third kappa shape index (κ3) is 15.4. The Balaban J connectivity index is 1.26. The number of carboxylic acid groups (broad SMARTS) is 3. The molecule has 2 fully saturated rings. The summed E-state index contributed by atoms with van der Waals surface area (Å²) in [6.45, 7) is 6.40. The average Bonchev–Trinajstić information content (AvgIpc) is 3.23. The highest BCUT2D eigenvalue weighted by Gasteiger charge is 2.22. The minimum Gasteiger partial charge on any atom is -0.490 e. The monoisotopic (exact) mass is 838 g/mol. The Bertz CT molecular complexity index is 1980. The van der Waals surface area contributed by atoms with Crippen molar-refractivity contribution in [2.75, 3.05) is 105 Å². The molecule has 2 aliphatic heterocycles. The molecule has 2 aliphatic rings. The summed E-state index contributed by atoms with van der Waals surface area (Å²) in [7, 11) is 0. The second-order valence-corrected chi connectivity index (χ2v) is 15.6. The van der Waals surface area contributed by atoms with Crippen LogP contribution in [0.1, 0.15) is 47.1 Å². The van der Waals surface area contributed by atoms with E-state index in [4.69, 9.17) is 9.47 Å². The molecule has 0 aromatic heterocycles. The van der Waals surface area contributed by atoms with Gasteiger partial charge in [-0.15, -0.1) is 0 Å². The number of hydrogen-bond acceptors (Lipinski definition) is 12. The molecule has 2 heterocycles. The van der Waals surface area contributed by atoms with Crippen LogP contribution in [0.25, 0.3) is 23.3 Å². The molecule has 3 aromatic carbocycles. The van der Waals surface area contributed by atoms with Gasteiger partial charge >= 0.3 is 23.9 Å². The van der Waals surface area contributed by atoms with Crippen LogP contribution >= 0.6 is 0 Å². The Morgan fingerprint density at radius 3 is 1.72 bits per heavy atom. The van der Waals surface area contributed by atoms with Crippen molar-refractivity contribution in [3.63, 3.8) is 0 Å². The SMILES string of the molecule is Cc1cc(CN2CCCCC2)c(OCCOC(=O)CN2CCN(CC(=O)O)CCN(CC(=O)O)CCN(CC(=O)O)CC2)cc1/C=C/c1cccc(-c2ccccc2)c1C#N. The number of nitriles is 1. The van der Waals surface area contributed by atoms with Crippen LogP contribution < -0.4 is 4.74 Å². The standard InChI is InChI=1S/C46H58N6O9/c1-35-27-39(30-48-15-6-3-7-16-48)42(28-38(35)14-13-37-11-8-12-40(41(37)29-47)36-9-4-2-5-10-36)60-25-26-61-46(59)34-52-23-21-50(32-44(55)56)19-17-49(31-43(53)54)18-20-51(22-24-52)33-45(57)58/h2,4-5,8-14,27-28H,3,6-7,15-26,30-34H2,1H3,(H,53,54)(H,55,56)(H,57,58)/b14-13+. The molecule has 0 saturated carbocycles. The Morgan fingerprint density at radius 2 is 1.18 bits per heavy atom. The summed E-state index contributed by atoms with van der Waals surface area (Å²) in [4.78, 5) is 57.4. The Kier molecular flexibility index (Phi) is 18.3. The quantitative estimate of drug-likeness (QED) is 0.100. The number of hydrogen-bond donors (Lipinski definition) is 3. The number of carboxylic acids is 3. The maximum absolute atomic E-state index is 13.2. The molecule has 0 amide bonds. The number of nitrogens with zero attached hydrogens (tertiary/aromatic N) is 6. The van der Waals surface area contributed by atoms with Gasteiger partial charge in [0.2, 0.25) is 0 Å². The molecule has 3 aromatic rings. The van der Waals surface area contributed by atoms with E-state index in [0.29, 0.717) is 37.5 Å². The highest BCUT2D eigenvalue weighted by Crippen LogP contribution is 2.30. The number of ether oxygens (including phenoxy) is 2. The first-order valence-corrected chi connectivity index (χ1v) is 20.9. The van der Waals surface area contributed by atoms with E-state index in [9.17, 15) is 39.8 Å². The fourth-order valence-electron chi connectivity index (χ4n) is 7.75. The summed E-state index contributed by atoms with van der Waals surface area (Å²) >= 11 is 0. The zero-order valence-corrected chi connectivity index (χ0v) is 35.0. The highest BCUT2D eigenvalue weighted by atomic mass is 16.6. The van der Waals surface area contributed by atoms with Crippen molar-refractivity contribution in [3.05, 3.63) is 88.5 Å². The Hall–Kier alpha value is -5.63. The lowest BCUT2D eigenvalue weighted by Gasteiger charge is -2.32. The van der Waals surface area contributed by atoms with Crippen LogP contribution in [0, 0.1) is 18.3 Å². The lowest BCUT2D eigenvalue weighted by Crippen LogP contribution is -2.49. The van der Waals surface area contributed by atoms with Gasteiger partial charge in [-0.25, -0.2) is 0 Å². The number of aliphatic carboxylic acids is 3. The second kappa shape index (κ2) is 24.0. The third-order valence-corrected chi connectivity index (χ3v) is 11.0. The van der Waals surface area contributed by atoms with E-state index in [0.717, 1.165) is 65.9 Å². The molecule has 0 atom stereocenters.